The molecular formula is C32H43N3. The van der Waals surface area contributed by atoms with E-state index in [4.69, 9.17) is 0 Å². The summed E-state index contributed by atoms with van der Waals surface area (Å²) >= 11 is 0. The summed E-state index contributed by atoms with van der Waals surface area (Å²) in [6.07, 6.45) is 13.0. The SMILES string of the molecule is C=CCCc1cc(CCCN2CCC3(CC2)C(=C)Nc2ccc(C)cc23)ccc1N(C)C1CCC1. The van der Waals surface area contributed by atoms with Gasteiger partial charge in [0.05, 0.1) is 0 Å². The molecule has 0 unspecified atom stereocenters. The van der Waals surface area contributed by atoms with Crippen LogP contribution in [0.3, 0.4) is 0 Å². The van der Waals surface area contributed by atoms with Crippen molar-refractivity contribution >= 4 is 11.4 Å². The maximum atomic E-state index is 4.43. The van der Waals surface area contributed by atoms with Gasteiger partial charge in [-0.3, -0.25) is 0 Å². The van der Waals surface area contributed by atoms with Crippen LogP contribution in [-0.4, -0.2) is 37.6 Å². The van der Waals surface area contributed by atoms with Crippen molar-refractivity contribution in [3.8, 4) is 0 Å². The van der Waals surface area contributed by atoms with Crippen LogP contribution in [-0.2, 0) is 18.3 Å². The minimum atomic E-state index is 0.125. The summed E-state index contributed by atoms with van der Waals surface area (Å²) in [5.74, 6) is 0. The summed E-state index contributed by atoms with van der Waals surface area (Å²) in [4.78, 5) is 5.20. The van der Waals surface area contributed by atoms with E-state index in [9.17, 15) is 0 Å². The van der Waals surface area contributed by atoms with E-state index in [0.29, 0.717) is 0 Å². The summed E-state index contributed by atoms with van der Waals surface area (Å²) in [6.45, 7) is 14.1. The monoisotopic (exact) mass is 469 g/mol. The predicted molar refractivity (Wildman–Crippen MR) is 151 cm³/mol. The Morgan fingerprint density at radius 1 is 1.11 bits per heavy atom. The van der Waals surface area contributed by atoms with Crippen LogP contribution in [0, 0.1) is 6.92 Å². The second kappa shape index (κ2) is 10.2. The molecule has 0 atom stereocenters. The lowest BCUT2D eigenvalue weighted by Gasteiger charge is -2.40. The van der Waals surface area contributed by atoms with Gasteiger partial charge in [0, 0.05) is 35.6 Å². The Bertz CT molecular complexity index is 1070. The van der Waals surface area contributed by atoms with Gasteiger partial charge in [-0.15, -0.1) is 6.58 Å². The molecule has 3 heteroatoms. The molecule has 35 heavy (non-hydrogen) atoms. The van der Waals surface area contributed by atoms with Gasteiger partial charge in [-0.1, -0.05) is 42.5 Å². The molecule has 2 aromatic carbocycles. The maximum Gasteiger partial charge on any atom is 0.0424 e. The summed E-state index contributed by atoms with van der Waals surface area (Å²) in [5.41, 5.74) is 9.84. The number of fused-ring (bicyclic) bond motifs is 2. The van der Waals surface area contributed by atoms with E-state index < -0.39 is 0 Å². The van der Waals surface area contributed by atoms with Crippen LogP contribution in [0.15, 0.2) is 61.3 Å². The standard InChI is InChI=1S/C32H43N3/c1-5-6-10-27-23-26(14-16-31(27)34(4)28-11-7-12-28)9-8-19-35-20-17-32(18-21-35)25(3)33-30-15-13-24(2)22-29(30)32/h5,13-16,22-23,28,33H,1,3,6-12,17-21H2,2,4H3. The van der Waals surface area contributed by atoms with Crippen LogP contribution in [0.5, 0.6) is 0 Å². The zero-order valence-corrected chi connectivity index (χ0v) is 21.9. The van der Waals surface area contributed by atoms with Gasteiger partial charge in [-0.2, -0.15) is 0 Å². The number of aryl methyl sites for hydroxylation is 3. The zero-order chi connectivity index (χ0) is 24.4. The van der Waals surface area contributed by atoms with Crippen molar-refractivity contribution < 1.29 is 0 Å². The maximum absolute atomic E-state index is 4.43. The highest BCUT2D eigenvalue weighted by Gasteiger charge is 2.44. The number of nitrogens with one attached hydrogen (secondary N) is 1. The Morgan fingerprint density at radius 2 is 1.91 bits per heavy atom. The van der Waals surface area contributed by atoms with Gasteiger partial charge < -0.3 is 15.1 Å². The number of benzene rings is 2. The first-order chi connectivity index (χ1) is 17.0. The molecule has 0 aromatic heterocycles. The van der Waals surface area contributed by atoms with Gasteiger partial charge in [0.1, 0.15) is 0 Å². The van der Waals surface area contributed by atoms with E-state index in [0.717, 1.165) is 38.4 Å². The molecule has 3 aliphatic rings. The first kappa shape index (κ1) is 24.2. The van der Waals surface area contributed by atoms with E-state index in [1.807, 2.05) is 0 Å². The molecule has 1 spiro atoms. The van der Waals surface area contributed by atoms with Crippen molar-refractivity contribution in [2.45, 2.75) is 76.2 Å². The summed E-state index contributed by atoms with van der Waals surface area (Å²) in [7, 11) is 2.29. The molecule has 5 rings (SSSR count). The highest BCUT2D eigenvalue weighted by Crippen LogP contribution is 2.49. The van der Waals surface area contributed by atoms with Crippen molar-refractivity contribution in [2.24, 2.45) is 0 Å². The van der Waals surface area contributed by atoms with Crippen LogP contribution in [0.1, 0.15) is 67.2 Å². The highest BCUT2D eigenvalue weighted by molar-refractivity contribution is 5.69. The number of piperidine rings is 1. The van der Waals surface area contributed by atoms with Crippen molar-refractivity contribution in [3.05, 3.63) is 83.6 Å². The van der Waals surface area contributed by atoms with Crippen LogP contribution in [0.4, 0.5) is 11.4 Å². The average molecular weight is 470 g/mol. The third kappa shape index (κ3) is 4.80. The molecule has 0 bridgehead atoms. The molecule has 0 amide bonds. The molecule has 2 fully saturated rings. The second-order valence-corrected chi connectivity index (χ2v) is 11.2. The van der Waals surface area contributed by atoms with Crippen molar-refractivity contribution in [1.82, 2.24) is 4.90 Å². The summed E-state index contributed by atoms with van der Waals surface area (Å²) in [6, 6.07) is 14.8. The van der Waals surface area contributed by atoms with E-state index in [-0.39, 0.29) is 5.41 Å². The Morgan fingerprint density at radius 3 is 2.63 bits per heavy atom. The molecule has 0 radical (unpaired) electrons. The number of hydrogen-bond donors (Lipinski definition) is 1. The van der Waals surface area contributed by atoms with E-state index in [1.54, 1.807) is 0 Å². The Labute approximate surface area is 212 Å². The highest BCUT2D eigenvalue weighted by atomic mass is 15.1. The first-order valence-corrected chi connectivity index (χ1v) is 13.8. The molecule has 2 aromatic rings. The minimum Gasteiger partial charge on any atom is -0.371 e. The quantitative estimate of drug-likeness (QED) is 0.399. The third-order valence-corrected chi connectivity index (χ3v) is 8.97. The number of hydrogen-bond acceptors (Lipinski definition) is 3. The average Bonchev–Trinajstić information content (AvgIpc) is 3.08. The molecule has 1 N–H and O–H groups in total. The fourth-order valence-electron chi connectivity index (χ4n) is 6.41. The van der Waals surface area contributed by atoms with Crippen molar-refractivity contribution in [2.75, 3.05) is 36.9 Å². The largest absolute Gasteiger partial charge is 0.371 e. The van der Waals surface area contributed by atoms with E-state index in [2.05, 4.69) is 84.7 Å². The molecular weight excluding hydrogens is 426 g/mol. The van der Waals surface area contributed by atoms with Gasteiger partial charge in [0.2, 0.25) is 0 Å². The molecule has 186 valence electrons. The van der Waals surface area contributed by atoms with E-state index in [1.165, 1.54) is 84.4 Å². The minimum absolute atomic E-state index is 0.125. The molecule has 1 saturated carbocycles. The molecule has 3 nitrogen and oxygen atoms in total. The number of allylic oxidation sites excluding steroid dienone is 2. The van der Waals surface area contributed by atoms with Gasteiger partial charge in [0.15, 0.2) is 0 Å². The number of anilines is 2. The fraction of sp³-hybridized carbons (Fsp3) is 0.500. The molecule has 1 saturated heterocycles. The van der Waals surface area contributed by atoms with Crippen LogP contribution in [0.25, 0.3) is 0 Å². The van der Waals surface area contributed by atoms with Crippen LogP contribution >= 0.6 is 0 Å². The number of rotatable bonds is 9. The lowest BCUT2D eigenvalue weighted by atomic mass is 9.72. The lowest BCUT2D eigenvalue weighted by Crippen LogP contribution is -2.43. The van der Waals surface area contributed by atoms with Crippen molar-refractivity contribution in [3.63, 3.8) is 0 Å². The predicted octanol–water partition coefficient (Wildman–Crippen LogP) is 7.01. The lowest BCUT2D eigenvalue weighted by molar-refractivity contribution is 0.179. The second-order valence-electron chi connectivity index (χ2n) is 11.2. The Hall–Kier alpha value is -2.52. The third-order valence-electron chi connectivity index (χ3n) is 8.97. The smallest absolute Gasteiger partial charge is 0.0424 e. The zero-order valence-electron chi connectivity index (χ0n) is 21.9. The topological polar surface area (TPSA) is 18.5 Å². The van der Waals surface area contributed by atoms with Gasteiger partial charge in [-0.25, -0.2) is 0 Å². The molecule has 1 aliphatic carbocycles. The molecule has 2 heterocycles. The summed E-state index contributed by atoms with van der Waals surface area (Å²) < 4.78 is 0. The summed E-state index contributed by atoms with van der Waals surface area (Å²) in [5, 5.41) is 3.59. The fourth-order valence-corrected chi connectivity index (χ4v) is 6.41. The van der Waals surface area contributed by atoms with Gasteiger partial charge >= 0.3 is 0 Å². The van der Waals surface area contributed by atoms with E-state index >= 15 is 0 Å². The number of nitrogens with zero attached hydrogens (tertiary/aromatic N) is 2. The molecule has 2 aliphatic heterocycles. The van der Waals surface area contributed by atoms with Gasteiger partial charge in [0.25, 0.3) is 0 Å². The first-order valence-electron chi connectivity index (χ1n) is 13.8. The Balaban J connectivity index is 1.17. The van der Waals surface area contributed by atoms with Crippen LogP contribution < -0.4 is 10.2 Å². The number of likely N-dealkylation sites (tertiary alicyclic amines) is 1. The normalized spacial score (nSPS) is 19.3. The van der Waals surface area contributed by atoms with Crippen molar-refractivity contribution in [1.29, 1.82) is 0 Å². The Kier molecular flexibility index (Phi) is 7.07. The van der Waals surface area contributed by atoms with Crippen LogP contribution in [0.2, 0.25) is 0 Å². The van der Waals surface area contributed by atoms with Gasteiger partial charge in [-0.05, 0) is 113 Å².